The summed E-state index contributed by atoms with van der Waals surface area (Å²) < 4.78 is 6.17. The van der Waals surface area contributed by atoms with Crippen LogP contribution in [-0.4, -0.2) is 18.4 Å². The second-order valence-electron chi connectivity index (χ2n) is 7.43. The smallest absolute Gasteiger partial charge is 0.266 e. The fourth-order valence-electron chi connectivity index (χ4n) is 2.95. The van der Waals surface area contributed by atoms with Gasteiger partial charge in [0.15, 0.2) is 6.61 Å². The number of nitrogens with one attached hydrogen (secondary N) is 2. The summed E-state index contributed by atoms with van der Waals surface area (Å²) in [5, 5.41) is 15.5. The molecule has 2 N–H and O–H groups in total. The van der Waals surface area contributed by atoms with Crippen LogP contribution < -0.4 is 15.4 Å². The zero-order valence-electron chi connectivity index (χ0n) is 18.5. The average Bonchev–Trinajstić information content (AvgIpc) is 2.80. The molecule has 0 bridgehead atoms. The number of hydrogen-bond acceptors (Lipinski definition) is 4. The van der Waals surface area contributed by atoms with Gasteiger partial charge in [-0.3, -0.25) is 9.59 Å². The van der Waals surface area contributed by atoms with Gasteiger partial charge in [0.2, 0.25) is 0 Å². The van der Waals surface area contributed by atoms with E-state index in [4.69, 9.17) is 16.3 Å². The third-order valence-electron chi connectivity index (χ3n) is 4.84. The van der Waals surface area contributed by atoms with Crippen LogP contribution in [0.3, 0.4) is 0 Å². The van der Waals surface area contributed by atoms with Crippen LogP contribution >= 0.6 is 27.5 Å². The van der Waals surface area contributed by atoms with Crippen molar-refractivity contribution < 1.29 is 14.3 Å². The molecule has 8 heteroatoms. The number of anilines is 2. The molecule has 34 heavy (non-hydrogen) atoms. The number of carbonyl (C=O) groups is 2. The Morgan fingerprint density at radius 3 is 2.50 bits per heavy atom. The Balaban J connectivity index is 1.64. The minimum absolute atomic E-state index is 0.0417. The number of para-hydroxylation sites is 1. The van der Waals surface area contributed by atoms with Gasteiger partial charge in [-0.15, -0.1) is 0 Å². The molecule has 0 aliphatic rings. The Hall–Kier alpha value is -3.60. The maximum atomic E-state index is 12.5. The second-order valence-corrected chi connectivity index (χ2v) is 8.69. The molecule has 3 aromatic carbocycles. The zero-order chi connectivity index (χ0) is 24.7. The first-order chi connectivity index (χ1) is 16.3. The maximum absolute atomic E-state index is 12.5. The van der Waals surface area contributed by atoms with Crippen molar-refractivity contribution in [3.8, 4) is 11.8 Å². The summed E-state index contributed by atoms with van der Waals surface area (Å²) >= 11 is 9.49. The topological polar surface area (TPSA) is 91.2 Å². The molecule has 0 spiro atoms. The number of halogens is 2. The van der Waals surface area contributed by atoms with E-state index in [1.54, 1.807) is 36.4 Å². The average molecular weight is 539 g/mol. The van der Waals surface area contributed by atoms with E-state index >= 15 is 0 Å². The predicted molar refractivity (Wildman–Crippen MR) is 138 cm³/mol. The van der Waals surface area contributed by atoms with E-state index in [0.29, 0.717) is 32.2 Å². The normalized spacial score (nSPS) is 10.9. The minimum Gasteiger partial charge on any atom is -0.483 e. The lowest BCUT2D eigenvalue weighted by molar-refractivity contribution is -0.118. The zero-order valence-corrected chi connectivity index (χ0v) is 20.8. The SMILES string of the molecule is Cc1ccc(NC(=O)COc2ccc(/C=C(/C#N)C(=O)Nc3ccccc3C)cc2Br)cc1Cl. The van der Waals surface area contributed by atoms with Crippen molar-refractivity contribution in [3.05, 3.63) is 92.4 Å². The van der Waals surface area contributed by atoms with Crippen LogP contribution in [0.1, 0.15) is 16.7 Å². The van der Waals surface area contributed by atoms with Crippen molar-refractivity contribution in [3.63, 3.8) is 0 Å². The van der Waals surface area contributed by atoms with Gasteiger partial charge in [-0.1, -0.05) is 41.9 Å². The van der Waals surface area contributed by atoms with E-state index in [-0.39, 0.29) is 18.1 Å². The van der Waals surface area contributed by atoms with Gasteiger partial charge >= 0.3 is 0 Å². The Bertz CT molecular complexity index is 1310. The van der Waals surface area contributed by atoms with Crippen LogP contribution in [0.25, 0.3) is 6.08 Å². The third-order valence-corrected chi connectivity index (χ3v) is 5.87. The van der Waals surface area contributed by atoms with Gasteiger partial charge in [-0.25, -0.2) is 0 Å². The van der Waals surface area contributed by atoms with Crippen LogP contribution in [0, 0.1) is 25.2 Å². The summed E-state index contributed by atoms with van der Waals surface area (Å²) in [6, 6.07) is 19.6. The predicted octanol–water partition coefficient (Wildman–Crippen LogP) is 6.28. The molecule has 0 aliphatic carbocycles. The van der Waals surface area contributed by atoms with Crippen molar-refractivity contribution in [2.75, 3.05) is 17.2 Å². The van der Waals surface area contributed by atoms with E-state index in [9.17, 15) is 14.9 Å². The number of nitrogens with zero attached hydrogens (tertiary/aromatic N) is 1. The van der Waals surface area contributed by atoms with Crippen molar-refractivity contribution in [2.45, 2.75) is 13.8 Å². The van der Waals surface area contributed by atoms with Crippen LogP contribution in [0.5, 0.6) is 5.75 Å². The molecule has 0 aliphatic heterocycles. The summed E-state index contributed by atoms with van der Waals surface area (Å²) in [4.78, 5) is 24.7. The van der Waals surface area contributed by atoms with Crippen molar-refractivity contribution in [1.29, 1.82) is 5.26 Å². The number of nitriles is 1. The van der Waals surface area contributed by atoms with Crippen LogP contribution in [-0.2, 0) is 9.59 Å². The van der Waals surface area contributed by atoms with Gasteiger partial charge in [0, 0.05) is 16.4 Å². The van der Waals surface area contributed by atoms with Crippen molar-refractivity contribution >= 4 is 56.8 Å². The van der Waals surface area contributed by atoms with Gasteiger partial charge < -0.3 is 15.4 Å². The largest absolute Gasteiger partial charge is 0.483 e. The lowest BCUT2D eigenvalue weighted by Gasteiger charge is -2.10. The third kappa shape index (κ3) is 6.70. The first-order valence-electron chi connectivity index (χ1n) is 10.2. The Morgan fingerprint density at radius 2 is 1.82 bits per heavy atom. The molecule has 6 nitrogen and oxygen atoms in total. The summed E-state index contributed by atoms with van der Waals surface area (Å²) in [6.07, 6.45) is 1.48. The minimum atomic E-state index is -0.499. The maximum Gasteiger partial charge on any atom is 0.266 e. The molecule has 0 atom stereocenters. The van der Waals surface area contributed by atoms with Gasteiger partial charge in [0.1, 0.15) is 17.4 Å². The van der Waals surface area contributed by atoms with Crippen molar-refractivity contribution in [2.24, 2.45) is 0 Å². The molecule has 0 heterocycles. The Kier molecular flexibility index (Phi) is 8.47. The molecule has 0 unspecified atom stereocenters. The quantitative estimate of drug-likeness (QED) is 0.273. The highest BCUT2D eigenvalue weighted by atomic mass is 79.9. The first kappa shape index (κ1) is 25.0. The van der Waals surface area contributed by atoms with Gasteiger partial charge in [0.05, 0.1) is 4.47 Å². The number of carbonyl (C=O) groups excluding carboxylic acids is 2. The molecule has 0 saturated heterocycles. The standard InChI is InChI=1S/C26H21BrClN3O3/c1-16-7-9-20(13-22(16)28)30-25(32)15-34-24-10-8-18(12-21(24)27)11-19(14-29)26(33)31-23-6-4-3-5-17(23)2/h3-13H,15H2,1-2H3,(H,30,32)(H,31,33)/b19-11-. The summed E-state index contributed by atoms with van der Waals surface area (Å²) in [5.41, 5.74) is 3.61. The van der Waals surface area contributed by atoms with Gasteiger partial charge in [-0.05, 0) is 82.9 Å². The first-order valence-corrected chi connectivity index (χ1v) is 11.4. The molecule has 3 aromatic rings. The Labute approximate surface area is 211 Å². The Morgan fingerprint density at radius 1 is 1.06 bits per heavy atom. The second kappa shape index (κ2) is 11.5. The molecule has 3 rings (SSSR count). The molecular weight excluding hydrogens is 518 g/mol. The van der Waals surface area contributed by atoms with E-state index in [2.05, 4.69) is 26.6 Å². The fourth-order valence-corrected chi connectivity index (χ4v) is 3.64. The number of hydrogen-bond donors (Lipinski definition) is 2. The molecule has 2 amide bonds. The summed E-state index contributed by atoms with van der Waals surface area (Å²) in [5.74, 6) is -0.395. The molecule has 0 radical (unpaired) electrons. The van der Waals surface area contributed by atoms with Gasteiger partial charge in [-0.2, -0.15) is 5.26 Å². The van der Waals surface area contributed by atoms with E-state index in [0.717, 1.165) is 11.1 Å². The van der Waals surface area contributed by atoms with Gasteiger partial charge in [0.25, 0.3) is 11.8 Å². The van der Waals surface area contributed by atoms with E-state index in [1.807, 2.05) is 44.2 Å². The van der Waals surface area contributed by atoms with Crippen LogP contribution in [0.4, 0.5) is 11.4 Å². The number of aryl methyl sites for hydroxylation is 2. The fraction of sp³-hybridized carbons (Fsp3) is 0.115. The monoisotopic (exact) mass is 537 g/mol. The van der Waals surface area contributed by atoms with Crippen molar-refractivity contribution in [1.82, 2.24) is 0 Å². The van der Waals surface area contributed by atoms with E-state index in [1.165, 1.54) is 6.08 Å². The number of benzene rings is 3. The van der Waals surface area contributed by atoms with Crippen LogP contribution in [0.15, 0.2) is 70.7 Å². The molecule has 172 valence electrons. The molecule has 0 saturated carbocycles. The summed E-state index contributed by atoms with van der Waals surface area (Å²) in [6.45, 7) is 3.54. The molecule has 0 aromatic heterocycles. The highest BCUT2D eigenvalue weighted by molar-refractivity contribution is 9.10. The van der Waals surface area contributed by atoms with Crippen LogP contribution in [0.2, 0.25) is 5.02 Å². The molecule has 0 fully saturated rings. The molecular formula is C26H21BrClN3O3. The highest BCUT2D eigenvalue weighted by Gasteiger charge is 2.12. The lowest BCUT2D eigenvalue weighted by atomic mass is 10.1. The lowest BCUT2D eigenvalue weighted by Crippen LogP contribution is -2.20. The summed E-state index contributed by atoms with van der Waals surface area (Å²) in [7, 11) is 0. The number of ether oxygens (including phenoxy) is 1. The number of amides is 2. The highest BCUT2D eigenvalue weighted by Crippen LogP contribution is 2.27. The number of rotatable bonds is 7. The van der Waals surface area contributed by atoms with E-state index < -0.39 is 5.91 Å².